The molecule has 1 saturated carbocycles. The van der Waals surface area contributed by atoms with Gasteiger partial charge in [0.05, 0.1) is 22.5 Å². The summed E-state index contributed by atoms with van der Waals surface area (Å²) in [5.74, 6) is -0.366. The van der Waals surface area contributed by atoms with E-state index in [1.54, 1.807) is 20.8 Å². The number of nitrogens with one attached hydrogen (secondary N) is 2. The Morgan fingerprint density at radius 2 is 1.82 bits per heavy atom. The lowest BCUT2D eigenvalue weighted by molar-refractivity contribution is -0.145. The summed E-state index contributed by atoms with van der Waals surface area (Å²) in [7, 11) is 0. The number of aliphatic carboxylic acids is 1. The first-order chi connectivity index (χ1) is 24.4. The van der Waals surface area contributed by atoms with E-state index in [1.807, 2.05) is 65.7 Å². The highest BCUT2D eigenvalue weighted by molar-refractivity contribution is 7.99. The normalized spacial score (nSPS) is 26.9. The molecule has 2 aliphatic heterocycles. The van der Waals surface area contributed by atoms with Gasteiger partial charge in [-0.05, 0) is 88.0 Å². The van der Waals surface area contributed by atoms with Crippen molar-refractivity contribution in [3.63, 3.8) is 0 Å². The molecule has 0 radical (unpaired) electrons. The number of carbonyl (C=O) groups excluding carboxylic acids is 3. The van der Waals surface area contributed by atoms with Crippen molar-refractivity contribution in [2.45, 2.75) is 95.0 Å². The van der Waals surface area contributed by atoms with E-state index >= 15 is 0 Å². The highest BCUT2D eigenvalue weighted by atomic mass is 32.2. The molecule has 12 nitrogen and oxygen atoms in total. The number of para-hydroxylation sites is 2. The summed E-state index contributed by atoms with van der Waals surface area (Å²) in [5, 5.41) is 17.8. The van der Waals surface area contributed by atoms with Crippen LogP contribution in [0.15, 0.2) is 53.9 Å². The molecule has 1 aliphatic carbocycles. The fraction of sp³-hybridized carbons (Fsp3) is 0.514. The summed E-state index contributed by atoms with van der Waals surface area (Å²) in [6.45, 7) is 5.26. The second-order valence-corrected chi connectivity index (χ2v) is 16.5. The van der Waals surface area contributed by atoms with Crippen LogP contribution in [-0.4, -0.2) is 91.2 Å². The standard InChI is InChI=1S/C37H45N5O7S2/c1-36(2,3)49-35(47)40-27-15-8-10-18-50-17-9-4-5-12-23-21-37(23,34(45)46)41-31(43)28-20-24(22-42(28)33(27)44)48-32-30(29-16-11-19-51-29)38-25-13-6-7-14-26(25)39-32/h5-7,11-14,16,19,23-24,27-28H,4,8-10,15,17-18,20-22H2,1-3H3,(H,40,47)(H,41,43)(H,45,46)/b12-5-/t23?,24-,27-,28?,37?/m1/s1. The first kappa shape index (κ1) is 36.6. The molecule has 3 aliphatic rings. The number of aromatic nitrogens is 2. The fourth-order valence-electron chi connectivity index (χ4n) is 6.56. The second kappa shape index (κ2) is 15.6. The number of carboxylic acids is 1. The zero-order valence-electron chi connectivity index (χ0n) is 29.1. The summed E-state index contributed by atoms with van der Waals surface area (Å²) in [6, 6.07) is 9.28. The van der Waals surface area contributed by atoms with Crippen LogP contribution < -0.4 is 15.4 Å². The highest BCUT2D eigenvalue weighted by Gasteiger charge is 2.61. The predicted molar refractivity (Wildman–Crippen MR) is 197 cm³/mol. The Kier molecular flexibility index (Phi) is 11.2. The fourth-order valence-corrected chi connectivity index (χ4v) is 8.25. The van der Waals surface area contributed by atoms with Crippen LogP contribution in [0.5, 0.6) is 5.88 Å². The molecule has 2 aromatic heterocycles. The van der Waals surface area contributed by atoms with E-state index in [1.165, 1.54) is 16.2 Å². The Bertz CT molecular complexity index is 1780. The van der Waals surface area contributed by atoms with Gasteiger partial charge in [-0.1, -0.05) is 36.8 Å². The van der Waals surface area contributed by atoms with Gasteiger partial charge >= 0.3 is 12.1 Å². The van der Waals surface area contributed by atoms with Crippen LogP contribution in [0.3, 0.4) is 0 Å². The van der Waals surface area contributed by atoms with Crippen molar-refractivity contribution >= 4 is 58.0 Å². The van der Waals surface area contributed by atoms with Crippen molar-refractivity contribution < 1.29 is 33.8 Å². The molecule has 51 heavy (non-hydrogen) atoms. The van der Waals surface area contributed by atoms with Gasteiger partial charge in [-0.3, -0.25) is 9.59 Å². The number of fused-ring (bicyclic) bond motifs is 3. The molecule has 4 heterocycles. The molecule has 3 unspecified atom stereocenters. The Labute approximate surface area is 305 Å². The molecule has 6 rings (SSSR count). The number of alkyl carbamates (subject to hydrolysis) is 1. The monoisotopic (exact) mass is 735 g/mol. The zero-order valence-corrected chi connectivity index (χ0v) is 30.8. The molecule has 1 saturated heterocycles. The number of amides is 3. The Hall–Kier alpha value is -4.17. The number of hydrogen-bond acceptors (Lipinski definition) is 10. The number of hydrogen-bond donors (Lipinski definition) is 3. The first-order valence-electron chi connectivity index (χ1n) is 17.5. The molecule has 3 amide bonds. The van der Waals surface area contributed by atoms with E-state index in [2.05, 4.69) is 10.6 Å². The average Bonchev–Trinajstić information content (AvgIpc) is 3.38. The summed E-state index contributed by atoms with van der Waals surface area (Å²) in [4.78, 5) is 66.1. The van der Waals surface area contributed by atoms with Gasteiger partial charge in [0.25, 0.3) is 0 Å². The molecule has 3 aromatic rings. The minimum atomic E-state index is -1.45. The molecule has 272 valence electrons. The molecule has 14 heteroatoms. The Morgan fingerprint density at radius 3 is 2.55 bits per heavy atom. The number of allylic oxidation sites excluding steroid dienone is 1. The van der Waals surface area contributed by atoms with E-state index in [9.17, 15) is 24.3 Å². The number of thioether (sulfide) groups is 1. The van der Waals surface area contributed by atoms with E-state index in [0.717, 1.165) is 35.6 Å². The Balaban J connectivity index is 1.32. The molecule has 2 fully saturated rings. The number of ether oxygens (including phenoxy) is 2. The van der Waals surface area contributed by atoms with Crippen molar-refractivity contribution in [1.82, 2.24) is 25.5 Å². The van der Waals surface area contributed by atoms with Gasteiger partial charge in [0.1, 0.15) is 35.0 Å². The molecular formula is C37H45N5O7S2. The van der Waals surface area contributed by atoms with Crippen molar-refractivity contribution in [2.24, 2.45) is 5.92 Å². The lowest BCUT2D eigenvalue weighted by Gasteiger charge is -2.30. The van der Waals surface area contributed by atoms with E-state index in [4.69, 9.17) is 19.4 Å². The van der Waals surface area contributed by atoms with Crippen molar-refractivity contribution in [2.75, 3.05) is 18.1 Å². The lowest BCUT2D eigenvalue weighted by atomic mass is 10.1. The molecule has 5 atom stereocenters. The van der Waals surface area contributed by atoms with Gasteiger partial charge in [0.2, 0.25) is 17.7 Å². The van der Waals surface area contributed by atoms with Crippen LogP contribution in [0.1, 0.15) is 65.7 Å². The van der Waals surface area contributed by atoms with Crippen LogP contribution in [0, 0.1) is 5.92 Å². The molecule has 1 aromatic carbocycles. The van der Waals surface area contributed by atoms with Gasteiger partial charge in [-0.15, -0.1) is 11.3 Å². The number of carboxylic acid groups (broad SMARTS) is 1. The van der Waals surface area contributed by atoms with Crippen LogP contribution in [0.2, 0.25) is 0 Å². The van der Waals surface area contributed by atoms with Crippen LogP contribution in [-0.2, 0) is 19.1 Å². The second-order valence-electron chi connectivity index (χ2n) is 14.3. The van der Waals surface area contributed by atoms with Gasteiger partial charge in [-0.2, -0.15) is 11.8 Å². The van der Waals surface area contributed by atoms with Gasteiger partial charge < -0.3 is 30.1 Å². The molecule has 3 N–H and O–H groups in total. The maximum absolute atomic E-state index is 14.5. The molecule has 0 spiro atoms. The lowest BCUT2D eigenvalue weighted by Crippen LogP contribution is -2.56. The molecule has 0 bridgehead atoms. The van der Waals surface area contributed by atoms with Gasteiger partial charge in [-0.25, -0.2) is 19.6 Å². The van der Waals surface area contributed by atoms with Crippen molar-refractivity contribution in [1.29, 1.82) is 0 Å². The Morgan fingerprint density at radius 1 is 1.06 bits per heavy atom. The van der Waals surface area contributed by atoms with Crippen molar-refractivity contribution in [3.05, 3.63) is 53.9 Å². The topological polar surface area (TPSA) is 160 Å². The number of carbonyl (C=O) groups is 4. The maximum Gasteiger partial charge on any atom is 0.408 e. The summed E-state index contributed by atoms with van der Waals surface area (Å²) in [6.07, 6.45) is 6.48. The van der Waals surface area contributed by atoms with E-state index in [0.29, 0.717) is 29.6 Å². The van der Waals surface area contributed by atoms with Crippen LogP contribution in [0.4, 0.5) is 4.79 Å². The number of nitrogens with zero attached hydrogens (tertiary/aromatic N) is 3. The number of benzene rings is 1. The smallest absolute Gasteiger partial charge is 0.408 e. The average molecular weight is 736 g/mol. The van der Waals surface area contributed by atoms with Crippen LogP contribution >= 0.6 is 23.1 Å². The number of thiophene rings is 1. The highest BCUT2D eigenvalue weighted by Crippen LogP contribution is 2.45. The number of rotatable bonds is 5. The van der Waals surface area contributed by atoms with Gasteiger partial charge in [0.15, 0.2) is 0 Å². The summed E-state index contributed by atoms with van der Waals surface area (Å²) >= 11 is 3.33. The third-order valence-corrected chi connectivity index (χ3v) is 11.2. The molecular weight excluding hydrogens is 691 g/mol. The van der Waals surface area contributed by atoms with Crippen molar-refractivity contribution in [3.8, 4) is 16.5 Å². The van der Waals surface area contributed by atoms with Crippen LogP contribution in [0.25, 0.3) is 21.6 Å². The largest absolute Gasteiger partial charge is 0.479 e. The zero-order chi connectivity index (χ0) is 36.2. The van der Waals surface area contributed by atoms with E-state index < -0.39 is 53.2 Å². The predicted octanol–water partition coefficient (Wildman–Crippen LogP) is 5.81. The summed E-state index contributed by atoms with van der Waals surface area (Å²) in [5.41, 5.74) is -0.355. The SMILES string of the molecule is CC(C)(C)OC(=O)N[C@@H]1CCCCSCCC/C=C\C2CC2(C(=O)O)NC(=O)C2C[C@@H](Oc3nc4ccccc4nc3-c3cccs3)CN2C1=O. The summed E-state index contributed by atoms with van der Waals surface area (Å²) < 4.78 is 12.0. The quantitative estimate of drug-likeness (QED) is 0.273. The van der Waals surface area contributed by atoms with E-state index in [-0.39, 0.29) is 31.2 Å². The third-order valence-electron chi connectivity index (χ3n) is 9.21. The third kappa shape index (κ3) is 8.83. The van der Waals surface area contributed by atoms with Gasteiger partial charge in [0, 0.05) is 12.3 Å². The maximum atomic E-state index is 14.5. The first-order valence-corrected chi connectivity index (χ1v) is 19.5. The minimum Gasteiger partial charge on any atom is -0.479 e. The minimum absolute atomic E-state index is 0.0149.